The van der Waals surface area contributed by atoms with Crippen molar-refractivity contribution >= 4 is 45.4 Å². The third kappa shape index (κ3) is 3.05. The molecule has 0 unspecified atom stereocenters. The summed E-state index contributed by atoms with van der Waals surface area (Å²) in [5.41, 5.74) is 1.55. The monoisotopic (exact) mass is 339 g/mol. The lowest BCUT2D eigenvalue weighted by Crippen LogP contribution is -2.26. The number of carbonyl (C=O) groups is 1. The molecule has 7 heteroatoms. The quantitative estimate of drug-likeness (QED) is 0.788. The fraction of sp³-hybridized carbons (Fsp3) is 0.143. The maximum absolute atomic E-state index is 12.1. The van der Waals surface area contributed by atoms with Gasteiger partial charge in [0.2, 0.25) is 0 Å². The van der Waals surface area contributed by atoms with Crippen LogP contribution in [0.1, 0.15) is 16.1 Å². The topological polar surface area (TPSA) is 46.4 Å². The summed E-state index contributed by atoms with van der Waals surface area (Å²) in [6.45, 7) is 0.506. The lowest BCUT2D eigenvalue weighted by molar-refractivity contribution is 0.0948. The van der Waals surface area contributed by atoms with Gasteiger partial charge in [0.05, 0.1) is 0 Å². The van der Waals surface area contributed by atoms with E-state index in [0.717, 1.165) is 10.5 Å². The minimum Gasteiger partial charge on any atom is -0.350 e. The van der Waals surface area contributed by atoms with Crippen LogP contribution in [0.5, 0.6) is 0 Å². The van der Waals surface area contributed by atoms with Crippen molar-refractivity contribution in [3.8, 4) is 0 Å². The fourth-order valence-electron chi connectivity index (χ4n) is 2.01. The zero-order valence-electron chi connectivity index (χ0n) is 10.8. The number of nitrogens with one attached hydrogen (secondary N) is 1. The third-order valence-electron chi connectivity index (χ3n) is 3.07. The van der Waals surface area contributed by atoms with Gasteiger partial charge in [-0.2, -0.15) is 0 Å². The van der Waals surface area contributed by atoms with Crippen LogP contribution in [0, 0.1) is 0 Å². The Kier molecular flexibility index (Phi) is 4.14. The van der Waals surface area contributed by atoms with Crippen LogP contribution in [0.25, 0.3) is 4.96 Å². The Hall–Kier alpha value is -1.56. The van der Waals surface area contributed by atoms with Crippen LogP contribution in [-0.4, -0.2) is 21.8 Å². The zero-order valence-corrected chi connectivity index (χ0v) is 13.2. The van der Waals surface area contributed by atoms with Gasteiger partial charge in [0.1, 0.15) is 5.69 Å². The van der Waals surface area contributed by atoms with Crippen molar-refractivity contribution in [2.45, 2.75) is 6.42 Å². The van der Waals surface area contributed by atoms with E-state index in [1.807, 2.05) is 6.07 Å². The molecule has 2 heterocycles. The largest absolute Gasteiger partial charge is 0.350 e. The van der Waals surface area contributed by atoms with Gasteiger partial charge in [0.25, 0.3) is 5.91 Å². The Balaban J connectivity index is 1.63. The number of rotatable bonds is 4. The van der Waals surface area contributed by atoms with E-state index in [-0.39, 0.29) is 5.91 Å². The van der Waals surface area contributed by atoms with Crippen molar-refractivity contribution in [3.05, 3.63) is 57.3 Å². The van der Waals surface area contributed by atoms with Gasteiger partial charge in [-0.3, -0.25) is 9.20 Å². The molecule has 1 amide bonds. The van der Waals surface area contributed by atoms with Crippen molar-refractivity contribution < 1.29 is 4.79 Å². The summed E-state index contributed by atoms with van der Waals surface area (Å²) in [4.78, 5) is 17.1. The van der Waals surface area contributed by atoms with Crippen LogP contribution in [0.2, 0.25) is 10.0 Å². The van der Waals surface area contributed by atoms with Gasteiger partial charge in [-0.25, -0.2) is 4.98 Å². The van der Waals surface area contributed by atoms with Crippen LogP contribution in [-0.2, 0) is 6.42 Å². The molecule has 2 aromatic heterocycles. The summed E-state index contributed by atoms with van der Waals surface area (Å²) < 4.78 is 1.77. The van der Waals surface area contributed by atoms with E-state index in [4.69, 9.17) is 23.2 Å². The number of nitrogens with zero attached hydrogens (tertiary/aromatic N) is 2. The first-order valence-corrected chi connectivity index (χ1v) is 7.91. The number of aromatic nitrogens is 2. The summed E-state index contributed by atoms with van der Waals surface area (Å²) >= 11 is 13.4. The molecule has 0 atom stereocenters. The smallest absolute Gasteiger partial charge is 0.269 e. The maximum atomic E-state index is 12.1. The minimum absolute atomic E-state index is 0.121. The number of hydrogen-bond acceptors (Lipinski definition) is 3. The van der Waals surface area contributed by atoms with Gasteiger partial charge in [-0.1, -0.05) is 29.3 Å². The number of amides is 1. The van der Waals surface area contributed by atoms with E-state index in [9.17, 15) is 4.79 Å². The SMILES string of the molecule is O=C(NCCc1ccc(Cl)cc1Cl)c1csc2nccn12. The molecule has 1 N–H and O–H groups in total. The van der Waals surface area contributed by atoms with E-state index in [0.29, 0.717) is 28.7 Å². The summed E-state index contributed by atoms with van der Waals surface area (Å²) in [6, 6.07) is 5.36. The van der Waals surface area contributed by atoms with Crippen molar-refractivity contribution in [1.82, 2.24) is 14.7 Å². The lowest BCUT2D eigenvalue weighted by atomic mass is 10.1. The van der Waals surface area contributed by atoms with Crippen LogP contribution in [0.4, 0.5) is 0 Å². The average Bonchev–Trinajstić information content (AvgIpc) is 3.03. The molecule has 4 nitrogen and oxygen atoms in total. The molecule has 0 spiro atoms. The molecule has 0 aliphatic rings. The van der Waals surface area contributed by atoms with E-state index in [1.165, 1.54) is 11.3 Å². The van der Waals surface area contributed by atoms with Gasteiger partial charge < -0.3 is 5.32 Å². The molecule has 1 aromatic carbocycles. The van der Waals surface area contributed by atoms with Gasteiger partial charge >= 0.3 is 0 Å². The van der Waals surface area contributed by atoms with E-state index >= 15 is 0 Å². The fourth-order valence-corrected chi connectivity index (χ4v) is 3.35. The summed E-state index contributed by atoms with van der Waals surface area (Å²) in [5.74, 6) is -0.121. The van der Waals surface area contributed by atoms with Gasteiger partial charge in [0.15, 0.2) is 4.96 Å². The molecular weight excluding hydrogens is 329 g/mol. The first-order valence-electron chi connectivity index (χ1n) is 6.28. The van der Waals surface area contributed by atoms with Crippen molar-refractivity contribution in [3.63, 3.8) is 0 Å². The third-order valence-corrected chi connectivity index (χ3v) is 4.51. The average molecular weight is 340 g/mol. The molecule has 0 saturated heterocycles. The molecule has 21 heavy (non-hydrogen) atoms. The number of halogens is 2. The predicted molar refractivity (Wildman–Crippen MR) is 85.6 cm³/mol. The van der Waals surface area contributed by atoms with Crippen molar-refractivity contribution in [2.75, 3.05) is 6.54 Å². The summed E-state index contributed by atoms with van der Waals surface area (Å²) in [7, 11) is 0. The molecule has 0 aliphatic heterocycles. The first kappa shape index (κ1) is 14.4. The standard InChI is InChI=1S/C14H11Cl2N3OS/c15-10-2-1-9(11(16)7-10)3-4-17-13(20)12-8-21-14-18-5-6-19(12)14/h1-2,5-8H,3-4H2,(H,17,20). The Labute approximate surface area is 135 Å². The minimum atomic E-state index is -0.121. The van der Waals surface area contributed by atoms with Gasteiger partial charge in [0, 0.05) is 34.4 Å². The maximum Gasteiger partial charge on any atom is 0.269 e. The van der Waals surface area contributed by atoms with Gasteiger partial charge in [-0.15, -0.1) is 11.3 Å². The molecule has 108 valence electrons. The molecule has 0 aliphatic carbocycles. The molecule has 0 fully saturated rings. The molecule has 0 saturated carbocycles. The summed E-state index contributed by atoms with van der Waals surface area (Å²) in [5, 5.41) is 5.90. The highest BCUT2D eigenvalue weighted by molar-refractivity contribution is 7.15. The Morgan fingerprint density at radius 3 is 3.05 bits per heavy atom. The molecule has 3 rings (SSSR count). The number of hydrogen-bond donors (Lipinski definition) is 1. The highest BCUT2D eigenvalue weighted by Crippen LogP contribution is 2.21. The Bertz CT molecular complexity index is 796. The van der Waals surface area contributed by atoms with E-state index in [1.54, 1.807) is 34.3 Å². The second-order valence-corrected chi connectivity index (χ2v) is 6.12. The highest BCUT2D eigenvalue weighted by Gasteiger charge is 2.12. The number of carbonyl (C=O) groups excluding carboxylic acids is 1. The van der Waals surface area contributed by atoms with Crippen LogP contribution >= 0.6 is 34.5 Å². The summed E-state index contributed by atoms with van der Waals surface area (Å²) in [6.07, 6.45) is 4.10. The zero-order chi connectivity index (χ0) is 14.8. The second kappa shape index (κ2) is 6.05. The van der Waals surface area contributed by atoms with E-state index < -0.39 is 0 Å². The number of fused-ring (bicyclic) bond motifs is 1. The Morgan fingerprint density at radius 2 is 2.24 bits per heavy atom. The first-order chi connectivity index (χ1) is 10.1. The van der Waals surface area contributed by atoms with Crippen LogP contribution in [0.15, 0.2) is 36.0 Å². The number of imidazole rings is 1. The molecule has 3 aromatic rings. The van der Waals surface area contributed by atoms with Gasteiger partial charge in [-0.05, 0) is 24.1 Å². The molecular formula is C14H11Cl2N3OS. The van der Waals surface area contributed by atoms with Crippen molar-refractivity contribution in [2.24, 2.45) is 0 Å². The second-order valence-electron chi connectivity index (χ2n) is 4.44. The van der Waals surface area contributed by atoms with Crippen LogP contribution < -0.4 is 5.32 Å². The number of thiazole rings is 1. The normalized spacial score (nSPS) is 11.0. The molecule has 0 radical (unpaired) electrons. The Morgan fingerprint density at radius 1 is 1.38 bits per heavy atom. The number of benzene rings is 1. The highest BCUT2D eigenvalue weighted by atomic mass is 35.5. The van der Waals surface area contributed by atoms with Crippen molar-refractivity contribution in [1.29, 1.82) is 0 Å². The molecule has 0 bridgehead atoms. The van der Waals surface area contributed by atoms with Crippen LogP contribution in [0.3, 0.4) is 0 Å². The lowest BCUT2D eigenvalue weighted by Gasteiger charge is -2.06. The predicted octanol–water partition coefficient (Wildman–Crippen LogP) is 3.68. The van der Waals surface area contributed by atoms with E-state index in [2.05, 4.69) is 10.3 Å².